The summed E-state index contributed by atoms with van der Waals surface area (Å²) in [7, 11) is 1.44. The van der Waals surface area contributed by atoms with Crippen LogP contribution in [0.15, 0.2) is 24.3 Å². The lowest BCUT2D eigenvalue weighted by atomic mass is 9.70. The largest absolute Gasteiger partial charge is 0.459 e. The molecule has 1 saturated carbocycles. The van der Waals surface area contributed by atoms with Gasteiger partial charge in [-0.1, -0.05) is 18.2 Å². The maximum Gasteiger partial charge on any atom is 0.303 e. The molecule has 2 amide bonds. The zero-order chi connectivity index (χ0) is 18.9. The molecule has 0 aromatic heterocycles. The summed E-state index contributed by atoms with van der Waals surface area (Å²) in [5.41, 5.74) is 0.360. The van der Waals surface area contributed by atoms with Crippen LogP contribution in [0.4, 0.5) is 5.69 Å². The minimum Gasteiger partial charge on any atom is -0.459 e. The Morgan fingerprint density at radius 2 is 2.11 bits per heavy atom. The second kappa shape index (κ2) is 5.53. The van der Waals surface area contributed by atoms with E-state index < -0.39 is 29.5 Å². The molecule has 0 radical (unpaired) electrons. The fourth-order valence-electron chi connectivity index (χ4n) is 5.44. The summed E-state index contributed by atoms with van der Waals surface area (Å²) in [5.74, 6) is -1.52. The minimum atomic E-state index is -1.07. The number of amides is 2. The monoisotopic (exact) mass is 372 g/mol. The van der Waals surface area contributed by atoms with Crippen LogP contribution in [0, 0.1) is 11.8 Å². The first-order valence-electron chi connectivity index (χ1n) is 9.06. The zero-order valence-corrected chi connectivity index (χ0v) is 15.0. The Balaban J connectivity index is 1.72. The number of benzene rings is 1. The highest BCUT2D eigenvalue weighted by atomic mass is 16.7. The van der Waals surface area contributed by atoms with Crippen molar-refractivity contribution in [3.8, 4) is 0 Å². The predicted molar refractivity (Wildman–Crippen MR) is 91.4 cm³/mol. The molecule has 6 rings (SSSR count). The summed E-state index contributed by atoms with van der Waals surface area (Å²) >= 11 is 0. The number of rotatable bonds is 2. The van der Waals surface area contributed by atoms with E-state index in [9.17, 15) is 14.4 Å². The number of carbonyl (C=O) groups excluding carboxylic acids is 3. The Hall–Kier alpha value is -2.45. The number of hydrogen-bond acceptors (Lipinski definition) is 6. The molecule has 0 unspecified atom stereocenters. The second-order valence-electron chi connectivity index (χ2n) is 7.61. The third kappa shape index (κ3) is 1.97. The summed E-state index contributed by atoms with van der Waals surface area (Å²) in [4.78, 5) is 43.3. The molecule has 5 aliphatic rings. The smallest absolute Gasteiger partial charge is 0.303 e. The first-order chi connectivity index (χ1) is 13.0. The first kappa shape index (κ1) is 16.7. The number of fused-ring (bicyclic) bond motifs is 2. The molecule has 1 aromatic carbocycles. The van der Waals surface area contributed by atoms with Crippen LogP contribution in [0.1, 0.15) is 18.9 Å². The van der Waals surface area contributed by atoms with Crippen molar-refractivity contribution < 1.29 is 28.7 Å². The van der Waals surface area contributed by atoms with Gasteiger partial charge in [0, 0.05) is 18.9 Å². The number of nitrogens with one attached hydrogen (secondary N) is 1. The Bertz CT molecular complexity index is 856. The fourth-order valence-corrected chi connectivity index (χ4v) is 5.44. The Morgan fingerprint density at radius 3 is 2.85 bits per heavy atom. The van der Waals surface area contributed by atoms with Crippen LogP contribution >= 0.6 is 0 Å². The van der Waals surface area contributed by atoms with Crippen LogP contribution in [0.25, 0.3) is 0 Å². The third-order valence-corrected chi connectivity index (χ3v) is 6.41. The van der Waals surface area contributed by atoms with E-state index in [0.29, 0.717) is 18.7 Å². The van der Waals surface area contributed by atoms with Gasteiger partial charge in [0.1, 0.15) is 17.6 Å². The highest BCUT2D eigenvalue weighted by molar-refractivity contribution is 6.07. The van der Waals surface area contributed by atoms with Gasteiger partial charge in [-0.15, -0.1) is 0 Å². The van der Waals surface area contributed by atoms with E-state index in [0.717, 1.165) is 5.56 Å². The van der Waals surface area contributed by atoms with Crippen LogP contribution in [0.3, 0.4) is 0 Å². The summed E-state index contributed by atoms with van der Waals surface area (Å²) in [6.07, 6.45) is -1.17. The van der Waals surface area contributed by atoms with Crippen LogP contribution in [0.2, 0.25) is 0 Å². The van der Waals surface area contributed by atoms with Crippen molar-refractivity contribution >= 4 is 23.5 Å². The topological polar surface area (TPSA) is 94.2 Å². The average molecular weight is 372 g/mol. The van der Waals surface area contributed by atoms with Crippen molar-refractivity contribution in [3.05, 3.63) is 29.8 Å². The Morgan fingerprint density at radius 1 is 1.33 bits per heavy atom. The molecular formula is C19H20N2O6. The molecule has 3 saturated heterocycles. The second-order valence-corrected chi connectivity index (χ2v) is 7.61. The third-order valence-electron chi connectivity index (χ3n) is 6.41. The van der Waals surface area contributed by atoms with Crippen LogP contribution in [0.5, 0.6) is 0 Å². The van der Waals surface area contributed by atoms with E-state index in [1.165, 1.54) is 19.1 Å². The van der Waals surface area contributed by atoms with Crippen LogP contribution in [-0.2, 0) is 34.1 Å². The summed E-state index contributed by atoms with van der Waals surface area (Å²) in [6, 6.07) is 7.18. The first-order valence-corrected chi connectivity index (χ1v) is 9.06. The van der Waals surface area contributed by atoms with Gasteiger partial charge in [-0.2, -0.15) is 5.06 Å². The summed E-state index contributed by atoms with van der Waals surface area (Å²) in [6.45, 7) is 1.65. The summed E-state index contributed by atoms with van der Waals surface area (Å²) in [5, 5.41) is 4.28. The normalized spacial score (nSPS) is 38.7. The van der Waals surface area contributed by atoms with Gasteiger partial charge in [-0.3, -0.25) is 19.2 Å². The molecule has 1 N–H and O–H groups in total. The molecule has 4 aliphatic heterocycles. The van der Waals surface area contributed by atoms with E-state index >= 15 is 0 Å². The van der Waals surface area contributed by atoms with Gasteiger partial charge in [-0.05, 0) is 18.1 Å². The molecule has 1 aliphatic carbocycles. The molecular weight excluding hydrogens is 352 g/mol. The molecule has 1 spiro atoms. The van der Waals surface area contributed by atoms with E-state index in [-0.39, 0.29) is 23.8 Å². The standard InChI is InChI=1S/C19H20N2O6/c1-9(22)27-15-14-10-8-26-16(15)19(7-12(10)20-17(14)23)11-5-3-4-6-13(11)21(25-2)18(19)24/h3-6,10,12,14-16H,7-8H2,1-2H3,(H,20,23)/t10-,12+,14+,15-,16-,19+/m1/s1. The van der Waals surface area contributed by atoms with Crippen LogP contribution < -0.4 is 10.4 Å². The number of carbonyl (C=O) groups is 3. The van der Waals surface area contributed by atoms with Crippen molar-refractivity contribution in [1.29, 1.82) is 0 Å². The Labute approximate surface area is 155 Å². The van der Waals surface area contributed by atoms with Crippen molar-refractivity contribution in [1.82, 2.24) is 5.32 Å². The minimum absolute atomic E-state index is 0.131. The molecule has 4 bridgehead atoms. The Kier molecular flexibility index (Phi) is 3.42. The van der Waals surface area contributed by atoms with Crippen molar-refractivity contribution in [2.45, 2.75) is 37.0 Å². The highest BCUT2D eigenvalue weighted by Crippen LogP contribution is 2.56. The van der Waals surface area contributed by atoms with E-state index in [2.05, 4.69) is 5.32 Å². The number of anilines is 1. The number of esters is 1. The molecule has 142 valence electrons. The van der Waals surface area contributed by atoms with E-state index in [4.69, 9.17) is 14.3 Å². The van der Waals surface area contributed by atoms with Gasteiger partial charge in [0.05, 0.1) is 25.3 Å². The molecule has 4 fully saturated rings. The molecule has 1 aromatic rings. The molecule has 4 heterocycles. The SMILES string of the molecule is CON1C(=O)[C@@]2(C[C@@H]3NC(=O)[C@H]4[C@@H]3CO[C@@H]2[C@@H]4OC(C)=O)c2ccccc21. The molecule has 8 heteroatoms. The van der Waals surface area contributed by atoms with Gasteiger partial charge in [-0.25, -0.2) is 0 Å². The molecule has 6 atom stereocenters. The quantitative estimate of drug-likeness (QED) is 0.751. The maximum absolute atomic E-state index is 13.6. The van der Waals surface area contributed by atoms with Crippen molar-refractivity contribution in [3.63, 3.8) is 0 Å². The van der Waals surface area contributed by atoms with Gasteiger partial charge in [0.25, 0.3) is 5.91 Å². The molecule has 27 heavy (non-hydrogen) atoms. The number of ether oxygens (including phenoxy) is 2. The number of hydroxylamine groups is 1. The number of hydrogen-bond donors (Lipinski definition) is 1. The molecule has 8 nitrogen and oxygen atoms in total. The zero-order valence-electron chi connectivity index (χ0n) is 15.0. The highest BCUT2D eigenvalue weighted by Gasteiger charge is 2.69. The van der Waals surface area contributed by atoms with Gasteiger partial charge in [0.2, 0.25) is 5.91 Å². The average Bonchev–Trinajstić information content (AvgIpc) is 2.97. The van der Waals surface area contributed by atoms with E-state index in [1.54, 1.807) is 0 Å². The lowest BCUT2D eigenvalue weighted by molar-refractivity contribution is -0.185. The predicted octanol–water partition coefficient (Wildman–Crippen LogP) is 0.297. The fraction of sp³-hybridized carbons (Fsp3) is 0.526. The van der Waals surface area contributed by atoms with Crippen molar-refractivity contribution in [2.24, 2.45) is 11.8 Å². The van der Waals surface area contributed by atoms with E-state index in [1.807, 2.05) is 24.3 Å². The number of para-hydroxylation sites is 1. The summed E-state index contributed by atoms with van der Waals surface area (Å²) < 4.78 is 11.7. The number of nitrogens with zero attached hydrogens (tertiary/aromatic N) is 1. The lowest BCUT2D eigenvalue weighted by Gasteiger charge is -2.42. The van der Waals surface area contributed by atoms with Gasteiger partial charge < -0.3 is 14.8 Å². The van der Waals surface area contributed by atoms with Gasteiger partial charge >= 0.3 is 5.97 Å². The van der Waals surface area contributed by atoms with Gasteiger partial charge in [0.15, 0.2) is 0 Å². The lowest BCUT2D eigenvalue weighted by Crippen LogP contribution is -2.60. The maximum atomic E-state index is 13.6. The van der Waals surface area contributed by atoms with Crippen LogP contribution in [-0.4, -0.2) is 49.8 Å². The van der Waals surface area contributed by atoms with Crippen molar-refractivity contribution in [2.75, 3.05) is 18.8 Å².